The molecule has 2 atom stereocenters. The smallest absolute Gasteiger partial charge is 0.134 e. The van der Waals surface area contributed by atoms with E-state index < -0.39 is 0 Å². The van der Waals surface area contributed by atoms with Gasteiger partial charge in [0.2, 0.25) is 0 Å². The molecule has 4 nitrogen and oxygen atoms in total. The Bertz CT molecular complexity index is 425. The van der Waals surface area contributed by atoms with Gasteiger partial charge in [-0.2, -0.15) is 0 Å². The number of anilines is 1. The van der Waals surface area contributed by atoms with Crippen LogP contribution in [0.3, 0.4) is 0 Å². The number of hydrogen-bond donors (Lipinski definition) is 1. The maximum absolute atomic E-state index is 5.61. The number of aromatic nitrogens is 2. The quantitative estimate of drug-likeness (QED) is 0.839. The molecule has 0 aliphatic carbocycles. The Hall–Kier alpha value is -0.810. The summed E-state index contributed by atoms with van der Waals surface area (Å²) >= 11 is 1.81. The fourth-order valence-electron chi connectivity index (χ4n) is 2.06. The minimum atomic E-state index is 0.310. The standard InChI is InChI=1S/C14H23N3OS/c1-5-15-12-8-13(17-14(16-12)9(2)3)19-11-6-7-18-10(11)4/h8-11H,5-7H2,1-4H3,(H,15,16,17). The van der Waals surface area contributed by atoms with Gasteiger partial charge in [-0.3, -0.25) is 0 Å². The summed E-state index contributed by atoms with van der Waals surface area (Å²) in [6.07, 6.45) is 1.41. The summed E-state index contributed by atoms with van der Waals surface area (Å²) < 4.78 is 5.61. The Labute approximate surface area is 119 Å². The van der Waals surface area contributed by atoms with Gasteiger partial charge in [-0.05, 0) is 20.3 Å². The number of thioether (sulfide) groups is 1. The van der Waals surface area contributed by atoms with Crippen molar-refractivity contribution in [2.45, 2.75) is 56.4 Å². The van der Waals surface area contributed by atoms with Crippen LogP contribution in [0.2, 0.25) is 0 Å². The molecule has 0 spiro atoms. The van der Waals surface area contributed by atoms with Gasteiger partial charge in [-0.15, -0.1) is 11.8 Å². The average Bonchev–Trinajstić information content (AvgIpc) is 2.75. The third-order valence-corrected chi connectivity index (χ3v) is 4.55. The third kappa shape index (κ3) is 3.83. The van der Waals surface area contributed by atoms with Crippen LogP contribution in [0.15, 0.2) is 11.1 Å². The largest absolute Gasteiger partial charge is 0.377 e. The third-order valence-electron chi connectivity index (χ3n) is 3.17. The van der Waals surface area contributed by atoms with E-state index in [9.17, 15) is 0 Å². The van der Waals surface area contributed by atoms with Gasteiger partial charge < -0.3 is 10.1 Å². The maximum atomic E-state index is 5.61. The van der Waals surface area contributed by atoms with Gasteiger partial charge in [0, 0.05) is 30.4 Å². The molecule has 2 rings (SSSR count). The van der Waals surface area contributed by atoms with E-state index in [1.165, 1.54) is 0 Å². The zero-order chi connectivity index (χ0) is 13.8. The second kappa shape index (κ2) is 6.57. The summed E-state index contributed by atoms with van der Waals surface area (Å²) in [5.74, 6) is 2.18. The van der Waals surface area contributed by atoms with Crippen LogP contribution in [0.1, 0.15) is 45.9 Å². The van der Waals surface area contributed by atoms with E-state index in [-0.39, 0.29) is 0 Å². The fraction of sp³-hybridized carbons (Fsp3) is 0.714. The predicted molar refractivity (Wildman–Crippen MR) is 80.0 cm³/mol. The first-order valence-electron chi connectivity index (χ1n) is 7.01. The molecular formula is C14H23N3OS. The Kier molecular flexibility index (Phi) is 5.05. The first-order chi connectivity index (χ1) is 9.10. The zero-order valence-corrected chi connectivity index (χ0v) is 13.0. The number of ether oxygens (including phenoxy) is 1. The van der Waals surface area contributed by atoms with Crippen molar-refractivity contribution in [3.05, 3.63) is 11.9 Å². The van der Waals surface area contributed by atoms with E-state index in [2.05, 4.69) is 43.0 Å². The molecule has 0 saturated carbocycles. The molecule has 1 aromatic heterocycles. The summed E-state index contributed by atoms with van der Waals surface area (Å²) in [6.45, 7) is 10.2. The monoisotopic (exact) mass is 281 g/mol. The summed E-state index contributed by atoms with van der Waals surface area (Å²) in [4.78, 5) is 9.22. The molecule has 0 radical (unpaired) electrons. The van der Waals surface area contributed by atoms with Crippen molar-refractivity contribution < 1.29 is 4.74 Å². The second-order valence-corrected chi connectivity index (χ2v) is 6.42. The molecule has 1 fully saturated rings. The van der Waals surface area contributed by atoms with Crippen LogP contribution in [0.4, 0.5) is 5.82 Å². The molecule has 0 bridgehead atoms. The van der Waals surface area contributed by atoms with Gasteiger partial charge in [-0.25, -0.2) is 9.97 Å². The van der Waals surface area contributed by atoms with Gasteiger partial charge in [0.15, 0.2) is 0 Å². The van der Waals surface area contributed by atoms with E-state index in [4.69, 9.17) is 4.74 Å². The summed E-state index contributed by atoms with van der Waals surface area (Å²) in [5.41, 5.74) is 0. The minimum Gasteiger partial charge on any atom is -0.377 e. The zero-order valence-electron chi connectivity index (χ0n) is 12.1. The number of nitrogens with zero attached hydrogens (tertiary/aromatic N) is 2. The Morgan fingerprint density at radius 1 is 1.47 bits per heavy atom. The highest BCUT2D eigenvalue weighted by Gasteiger charge is 2.26. The molecule has 1 saturated heterocycles. The lowest BCUT2D eigenvalue weighted by Crippen LogP contribution is -2.14. The van der Waals surface area contributed by atoms with Crippen LogP contribution in [-0.2, 0) is 4.74 Å². The molecule has 0 aromatic carbocycles. The topological polar surface area (TPSA) is 47.0 Å². The molecule has 5 heteroatoms. The Morgan fingerprint density at radius 3 is 2.84 bits per heavy atom. The molecule has 2 heterocycles. The number of rotatable bonds is 5. The normalized spacial score (nSPS) is 23.0. The van der Waals surface area contributed by atoms with E-state index in [1.54, 1.807) is 0 Å². The number of hydrogen-bond acceptors (Lipinski definition) is 5. The van der Waals surface area contributed by atoms with Crippen molar-refractivity contribution in [2.75, 3.05) is 18.5 Å². The van der Waals surface area contributed by atoms with Crippen LogP contribution in [-0.4, -0.2) is 34.5 Å². The highest BCUT2D eigenvalue weighted by molar-refractivity contribution is 7.99. The van der Waals surface area contributed by atoms with Crippen molar-refractivity contribution in [3.63, 3.8) is 0 Å². The number of nitrogens with one attached hydrogen (secondary N) is 1. The second-order valence-electron chi connectivity index (χ2n) is 5.16. The molecule has 106 valence electrons. The summed E-state index contributed by atoms with van der Waals surface area (Å²) in [5, 5.41) is 4.84. The first-order valence-corrected chi connectivity index (χ1v) is 7.89. The first kappa shape index (κ1) is 14.6. The molecule has 1 aliphatic heterocycles. The molecule has 0 amide bonds. The van der Waals surface area contributed by atoms with E-state index in [0.717, 1.165) is 36.2 Å². The van der Waals surface area contributed by atoms with Crippen LogP contribution in [0, 0.1) is 0 Å². The van der Waals surface area contributed by atoms with Crippen molar-refractivity contribution in [1.82, 2.24) is 9.97 Å². The molecule has 19 heavy (non-hydrogen) atoms. The van der Waals surface area contributed by atoms with Crippen LogP contribution < -0.4 is 5.32 Å². The van der Waals surface area contributed by atoms with Gasteiger partial charge in [0.1, 0.15) is 16.7 Å². The van der Waals surface area contributed by atoms with Crippen molar-refractivity contribution in [3.8, 4) is 0 Å². The lowest BCUT2D eigenvalue weighted by molar-refractivity contribution is 0.127. The summed E-state index contributed by atoms with van der Waals surface area (Å²) in [6, 6.07) is 2.05. The van der Waals surface area contributed by atoms with Gasteiger partial charge in [-0.1, -0.05) is 13.8 Å². The Morgan fingerprint density at radius 2 is 2.26 bits per heavy atom. The SMILES string of the molecule is CCNc1cc(SC2CCOC2C)nc(C(C)C)n1. The highest BCUT2D eigenvalue weighted by Crippen LogP contribution is 2.32. The molecule has 2 unspecified atom stereocenters. The molecule has 1 N–H and O–H groups in total. The van der Waals surface area contributed by atoms with Gasteiger partial charge in [0.05, 0.1) is 6.10 Å². The van der Waals surface area contributed by atoms with Crippen molar-refractivity contribution in [2.24, 2.45) is 0 Å². The van der Waals surface area contributed by atoms with Crippen LogP contribution >= 0.6 is 11.8 Å². The maximum Gasteiger partial charge on any atom is 0.134 e. The Balaban J connectivity index is 2.18. The minimum absolute atomic E-state index is 0.310. The van der Waals surface area contributed by atoms with E-state index in [0.29, 0.717) is 17.3 Å². The van der Waals surface area contributed by atoms with Gasteiger partial charge >= 0.3 is 0 Å². The molecule has 1 aliphatic rings. The van der Waals surface area contributed by atoms with Crippen LogP contribution in [0.25, 0.3) is 0 Å². The van der Waals surface area contributed by atoms with E-state index in [1.807, 2.05) is 17.8 Å². The van der Waals surface area contributed by atoms with E-state index >= 15 is 0 Å². The molecular weight excluding hydrogens is 258 g/mol. The lowest BCUT2D eigenvalue weighted by Gasteiger charge is -2.15. The molecule has 1 aromatic rings. The highest BCUT2D eigenvalue weighted by atomic mass is 32.2. The summed E-state index contributed by atoms with van der Waals surface area (Å²) in [7, 11) is 0. The average molecular weight is 281 g/mol. The fourth-order valence-corrected chi connectivity index (χ4v) is 3.18. The van der Waals surface area contributed by atoms with Crippen molar-refractivity contribution >= 4 is 17.6 Å². The predicted octanol–water partition coefficient (Wildman–Crippen LogP) is 3.30. The van der Waals surface area contributed by atoms with Crippen LogP contribution in [0.5, 0.6) is 0 Å². The van der Waals surface area contributed by atoms with Gasteiger partial charge in [0.25, 0.3) is 0 Å². The lowest BCUT2D eigenvalue weighted by atomic mass is 10.2. The van der Waals surface area contributed by atoms with Crippen molar-refractivity contribution in [1.29, 1.82) is 0 Å².